The number of hydrogen-bond acceptors (Lipinski definition) is 2. The predicted molar refractivity (Wildman–Crippen MR) is 76.0 cm³/mol. The Hall–Kier alpha value is -1.02. The highest BCUT2D eigenvalue weighted by Gasteiger charge is 2.18. The van der Waals surface area contributed by atoms with E-state index >= 15 is 0 Å². The fourth-order valence-electron chi connectivity index (χ4n) is 1.85. The Balaban J connectivity index is 2.48. The number of hydrogen-bond donors (Lipinski definition) is 1. The van der Waals surface area contributed by atoms with Crippen molar-refractivity contribution in [3.05, 3.63) is 29.8 Å². The molecular formula is C16H26O2. The lowest BCUT2D eigenvalue weighted by molar-refractivity contribution is 0.137. The van der Waals surface area contributed by atoms with Crippen LogP contribution in [0, 0.1) is 11.3 Å². The van der Waals surface area contributed by atoms with Crippen LogP contribution >= 0.6 is 0 Å². The van der Waals surface area contributed by atoms with Gasteiger partial charge in [0, 0.05) is 12.0 Å². The summed E-state index contributed by atoms with van der Waals surface area (Å²) >= 11 is 0. The molecule has 1 rings (SSSR count). The maximum absolute atomic E-state index is 8.96. The highest BCUT2D eigenvalue weighted by atomic mass is 16.5. The summed E-state index contributed by atoms with van der Waals surface area (Å²) in [5, 5.41) is 8.96. The van der Waals surface area contributed by atoms with E-state index in [0.29, 0.717) is 12.5 Å². The molecule has 2 heteroatoms. The Morgan fingerprint density at radius 3 is 2.28 bits per heavy atom. The molecule has 0 spiro atoms. The summed E-state index contributed by atoms with van der Waals surface area (Å²) in [6.07, 6.45) is 1.87. The van der Waals surface area contributed by atoms with Gasteiger partial charge in [-0.3, -0.25) is 0 Å². The zero-order chi connectivity index (χ0) is 13.6. The molecule has 1 N–H and O–H groups in total. The van der Waals surface area contributed by atoms with Crippen LogP contribution in [-0.4, -0.2) is 18.3 Å². The molecule has 18 heavy (non-hydrogen) atoms. The van der Waals surface area contributed by atoms with E-state index in [1.165, 1.54) is 5.56 Å². The van der Waals surface area contributed by atoms with Crippen LogP contribution in [0.15, 0.2) is 24.3 Å². The van der Waals surface area contributed by atoms with Crippen LogP contribution in [0.25, 0.3) is 0 Å². The lowest BCUT2D eigenvalue weighted by Crippen LogP contribution is -2.22. The zero-order valence-electron chi connectivity index (χ0n) is 12.1. The standard InChI is InChI=1S/C16H26O2/c1-13(2)11-14-5-7-15(8-6-14)18-12-16(3,4)9-10-17/h5-8,13,17H,9-12H2,1-4H3. The van der Waals surface area contributed by atoms with E-state index in [4.69, 9.17) is 9.84 Å². The fraction of sp³-hybridized carbons (Fsp3) is 0.625. The topological polar surface area (TPSA) is 29.5 Å². The molecule has 0 saturated heterocycles. The molecule has 0 saturated carbocycles. The van der Waals surface area contributed by atoms with Gasteiger partial charge in [0.1, 0.15) is 5.75 Å². The van der Waals surface area contributed by atoms with Crippen molar-refractivity contribution in [2.75, 3.05) is 13.2 Å². The number of ether oxygens (including phenoxy) is 1. The molecule has 0 aliphatic heterocycles. The summed E-state index contributed by atoms with van der Waals surface area (Å²) in [7, 11) is 0. The van der Waals surface area contributed by atoms with Crippen molar-refractivity contribution in [3.8, 4) is 5.75 Å². The zero-order valence-corrected chi connectivity index (χ0v) is 12.1. The average Bonchev–Trinajstić information content (AvgIpc) is 2.27. The normalized spacial score (nSPS) is 11.9. The Morgan fingerprint density at radius 1 is 1.17 bits per heavy atom. The minimum absolute atomic E-state index is 0.0192. The molecule has 0 heterocycles. The van der Waals surface area contributed by atoms with Gasteiger partial charge in [-0.25, -0.2) is 0 Å². The summed E-state index contributed by atoms with van der Waals surface area (Å²) in [5.74, 6) is 1.59. The van der Waals surface area contributed by atoms with Crippen LogP contribution in [0.2, 0.25) is 0 Å². The maximum atomic E-state index is 8.96. The summed E-state index contributed by atoms with van der Waals surface area (Å²) in [5.41, 5.74) is 1.37. The molecule has 0 aliphatic rings. The van der Waals surface area contributed by atoms with Crippen molar-refractivity contribution < 1.29 is 9.84 Å². The molecule has 0 fully saturated rings. The third-order valence-electron chi connectivity index (χ3n) is 2.99. The van der Waals surface area contributed by atoms with Gasteiger partial charge >= 0.3 is 0 Å². The Morgan fingerprint density at radius 2 is 1.78 bits per heavy atom. The number of aliphatic hydroxyl groups excluding tert-OH is 1. The smallest absolute Gasteiger partial charge is 0.119 e. The summed E-state index contributed by atoms with van der Waals surface area (Å²) in [4.78, 5) is 0. The average molecular weight is 250 g/mol. The van der Waals surface area contributed by atoms with E-state index in [2.05, 4.69) is 39.8 Å². The van der Waals surface area contributed by atoms with Gasteiger partial charge in [0.15, 0.2) is 0 Å². The maximum Gasteiger partial charge on any atom is 0.119 e. The highest BCUT2D eigenvalue weighted by Crippen LogP contribution is 2.22. The SMILES string of the molecule is CC(C)Cc1ccc(OCC(C)(C)CCO)cc1. The number of benzene rings is 1. The van der Waals surface area contributed by atoms with Crippen molar-refractivity contribution in [1.29, 1.82) is 0 Å². The largest absolute Gasteiger partial charge is 0.493 e. The van der Waals surface area contributed by atoms with Crippen LogP contribution in [0.5, 0.6) is 5.75 Å². The minimum Gasteiger partial charge on any atom is -0.493 e. The first kappa shape index (κ1) is 15.0. The predicted octanol–water partition coefficient (Wildman–Crippen LogP) is 3.67. The second kappa shape index (κ2) is 6.79. The Labute approximate surface area is 111 Å². The Bertz CT molecular complexity index is 339. The number of rotatable bonds is 7. The molecule has 0 atom stereocenters. The third kappa shape index (κ3) is 5.54. The van der Waals surface area contributed by atoms with Gasteiger partial charge in [-0.2, -0.15) is 0 Å². The van der Waals surface area contributed by atoms with Crippen molar-refractivity contribution >= 4 is 0 Å². The molecule has 0 amide bonds. The van der Waals surface area contributed by atoms with Gasteiger partial charge in [0.2, 0.25) is 0 Å². The van der Waals surface area contributed by atoms with Gasteiger partial charge in [-0.15, -0.1) is 0 Å². The van der Waals surface area contributed by atoms with Crippen LogP contribution in [0.4, 0.5) is 0 Å². The fourth-order valence-corrected chi connectivity index (χ4v) is 1.85. The second-order valence-electron chi connectivity index (χ2n) is 6.17. The van der Waals surface area contributed by atoms with E-state index in [-0.39, 0.29) is 12.0 Å². The molecule has 1 aromatic rings. The van der Waals surface area contributed by atoms with Gasteiger partial charge in [0.05, 0.1) is 6.61 Å². The minimum atomic E-state index is 0.0192. The molecule has 0 unspecified atom stereocenters. The van der Waals surface area contributed by atoms with Gasteiger partial charge < -0.3 is 9.84 Å². The third-order valence-corrected chi connectivity index (χ3v) is 2.99. The van der Waals surface area contributed by atoms with Crippen molar-refractivity contribution in [1.82, 2.24) is 0 Å². The van der Waals surface area contributed by atoms with Crippen LogP contribution in [0.1, 0.15) is 39.7 Å². The van der Waals surface area contributed by atoms with Crippen LogP contribution in [0.3, 0.4) is 0 Å². The first-order valence-electron chi connectivity index (χ1n) is 6.75. The summed E-state index contributed by atoms with van der Waals surface area (Å²) in [6.45, 7) is 9.51. The molecule has 0 radical (unpaired) electrons. The van der Waals surface area contributed by atoms with Crippen molar-refractivity contribution in [3.63, 3.8) is 0 Å². The van der Waals surface area contributed by atoms with E-state index in [1.807, 2.05) is 12.1 Å². The molecule has 0 bridgehead atoms. The Kier molecular flexibility index (Phi) is 5.67. The molecule has 0 aliphatic carbocycles. The lowest BCUT2D eigenvalue weighted by atomic mass is 9.91. The van der Waals surface area contributed by atoms with E-state index in [1.54, 1.807) is 0 Å². The quantitative estimate of drug-likeness (QED) is 0.800. The molecule has 102 valence electrons. The number of aliphatic hydroxyl groups is 1. The lowest BCUT2D eigenvalue weighted by Gasteiger charge is -2.23. The van der Waals surface area contributed by atoms with E-state index in [9.17, 15) is 0 Å². The first-order chi connectivity index (χ1) is 8.43. The monoisotopic (exact) mass is 250 g/mol. The molecule has 1 aromatic carbocycles. The van der Waals surface area contributed by atoms with Gasteiger partial charge in [-0.1, -0.05) is 39.8 Å². The van der Waals surface area contributed by atoms with Crippen molar-refractivity contribution in [2.45, 2.75) is 40.5 Å². The summed E-state index contributed by atoms with van der Waals surface area (Å²) in [6, 6.07) is 8.34. The van der Waals surface area contributed by atoms with Gasteiger partial charge in [-0.05, 0) is 36.5 Å². The summed E-state index contributed by atoms with van der Waals surface area (Å²) < 4.78 is 5.77. The highest BCUT2D eigenvalue weighted by molar-refractivity contribution is 5.27. The molecule has 2 nitrogen and oxygen atoms in total. The first-order valence-corrected chi connectivity index (χ1v) is 6.75. The molecular weight excluding hydrogens is 224 g/mol. The van der Waals surface area contributed by atoms with Crippen LogP contribution in [-0.2, 0) is 6.42 Å². The van der Waals surface area contributed by atoms with Gasteiger partial charge in [0.25, 0.3) is 0 Å². The van der Waals surface area contributed by atoms with E-state index in [0.717, 1.165) is 18.6 Å². The van der Waals surface area contributed by atoms with Crippen molar-refractivity contribution in [2.24, 2.45) is 11.3 Å². The second-order valence-corrected chi connectivity index (χ2v) is 6.17. The molecule has 0 aromatic heterocycles. The van der Waals surface area contributed by atoms with E-state index < -0.39 is 0 Å². The van der Waals surface area contributed by atoms with Crippen LogP contribution < -0.4 is 4.74 Å².